The molecule has 0 radical (unpaired) electrons. The van der Waals surface area contributed by atoms with Gasteiger partial charge in [-0.2, -0.15) is 0 Å². The zero-order valence-electron chi connectivity index (χ0n) is 16.1. The SMILES string of the molecule is O=C(NC1CCCCC1)c1coc(CN2CCN(c3ccccc3F)CC2)n1. The van der Waals surface area contributed by atoms with Crippen molar-refractivity contribution in [3.63, 3.8) is 0 Å². The highest BCUT2D eigenvalue weighted by Crippen LogP contribution is 2.21. The summed E-state index contributed by atoms with van der Waals surface area (Å²) in [6.45, 7) is 3.63. The second-order valence-electron chi connectivity index (χ2n) is 7.65. The first-order valence-corrected chi connectivity index (χ1v) is 10.2. The molecule has 0 bridgehead atoms. The van der Waals surface area contributed by atoms with Crippen LogP contribution in [0.2, 0.25) is 0 Å². The molecule has 6 nitrogen and oxygen atoms in total. The predicted octanol–water partition coefficient (Wildman–Crippen LogP) is 3.20. The molecule has 2 fully saturated rings. The minimum atomic E-state index is -0.183. The quantitative estimate of drug-likeness (QED) is 0.855. The van der Waals surface area contributed by atoms with Gasteiger partial charge in [0.15, 0.2) is 5.69 Å². The van der Waals surface area contributed by atoms with Gasteiger partial charge in [-0.15, -0.1) is 0 Å². The zero-order chi connectivity index (χ0) is 19.3. The van der Waals surface area contributed by atoms with E-state index in [0.717, 1.165) is 39.0 Å². The number of nitrogens with zero attached hydrogens (tertiary/aromatic N) is 3. The van der Waals surface area contributed by atoms with Crippen LogP contribution >= 0.6 is 0 Å². The minimum Gasteiger partial charge on any atom is -0.447 e. The fourth-order valence-corrected chi connectivity index (χ4v) is 4.04. The van der Waals surface area contributed by atoms with Gasteiger partial charge in [-0.25, -0.2) is 9.37 Å². The number of hydrogen-bond donors (Lipinski definition) is 1. The molecular weight excluding hydrogens is 359 g/mol. The number of piperazine rings is 1. The van der Waals surface area contributed by atoms with E-state index >= 15 is 0 Å². The Morgan fingerprint density at radius 3 is 2.64 bits per heavy atom. The molecule has 7 heteroatoms. The van der Waals surface area contributed by atoms with Crippen molar-refractivity contribution in [1.82, 2.24) is 15.2 Å². The maximum Gasteiger partial charge on any atom is 0.273 e. The number of benzene rings is 1. The molecule has 2 aromatic rings. The van der Waals surface area contributed by atoms with E-state index in [1.807, 2.05) is 12.1 Å². The first-order valence-electron chi connectivity index (χ1n) is 10.2. The highest BCUT2D eigenvalue weighted by molar-refractivity contribution is 5.92. The third-order valence-electron chi connectivity index (χ3n) is 5.65. The molecule has 1 saturated carbocycles. The second kappa shape index (κ2) is 8.73. The van der Waals surface area contributed by atoms with Crippen LogP contribution in [-0.4, -0.2) is 48.0 Å². The molecular formula is C21H27FN4O2. The van der Waals surface area contributed by atoms with Crippen LogP contribution in [0.15, 0.2) is 34.9 Å². The van der Waals surface area contributed by atoms with Gasteiger partial charge in [0.05, 0.1) is 12.2 Å². The summed E-state index contributed by atoms with van der Waals surface area (Å²) >= 11 is 0. The number of carbonyl (C=O) groups is 1. The molecule has 1 amide bonds. The Bertz CT molecular complexity index is 795. The summed E-state index contributed by atoms with van der Waals surface area (Å²) in [7, 11) is 0. The molecule has 2 heterocycles. The maximum absolute atomic E-state index is 13.9. The largest absolute Gasteiger partial charge is 0.447 e. The summed E-state index contributed by atoms with van der Waals surface area (Å²) in [5, 5.41) is 3.06. The van der Waals surface area contributed by atoms with Gasteiger partial charge in [-0.1, -0.05) is 31.4 Å². The Kier molecular flexibility index (Phi) is 5.90. The summed E-state index contributed by atoms with van der Waals surface area (Å²) in [5.41, 5.74) is 1.01. The number of amides is 1. The topological polar surface area (TPSA) is 61.6 Å². The van der Waals surface area contributed by atoms with Crippen molar-refractivity contribution in [2.75, 3.05) is 31.1 Å². The van der Waals surface area contributed by atoms with Crippen LogP contribution in [0.1, 0.15) is 48.5 Å². The van der Waals surface area contributed by atoms with Crippen molar-refractivity contribution in [2.24, 2.45) is 0 Å². The predicted molar refractivity (Wildman–Crippen MR) is 105 cm³/mol. The molecule has 1 N–H and O–H groups in total. The Hall–Kier alpha value is -2.41. The van der Waals surface area contributed by atoms with Crippen LogP contribution in [0, 0.1) is 5.82 Å². The van der Waals surface area contributed by atoms with Gasteiger partial charge >= 0.3 is 0 Å². The minimum absolute atomic E-state index is 0.147. The summed E-state index contributed by atoms with van der Waals surface area (Å²) in [6.07, 6.45) is 7.14. The number of halogens is 1. The first-order chi connectivity index (χ1) is 13.7. The van der Waals surface area contributed by atoms with Crippen LogP contribution in [0.5, 0.6) is 0 Å². The standard InChI is InChI=1S/C21H27FN4O2/c22-17-8-4-5-9-19(17)26-12-10-25(11-13-26)14-20-24-18(15-28-20)21(27)23-16-6-2-1-3-7-16/h4-5,8-9,15-16H,1-3,6-7,10-14H2,(H,23,27). The number of oxazole rings is 1. The van der Waals surface area contributed by atoms with Gasteiger partial charge in [-0.3, -0.25) is 9.69 Å². The lowest BCUT2D eigenvalue weighted by Gasteiger charge is -2.35. The van der Waals surface area contributed by atoms with Gasteiger partial charge in [0.1, 0.15) is 12.1 Å². The van der Waals surface area contributed by atoms with E-state index in [1.54, 1.807) is 6.07 Å². The maximum atomic E-state index is 13.9. The second-order valence-corrected chi connectivity index (χ2v) is 7.65. The van der Waals surface area contributed by atoms with Crippen molar-refractivity contribution in [3.8, 4) is 0 Å². The van der Waals surface area contributed by atoms with E-state index in [2.05, 4.69) is 20.1 Å². The highest BCUT2D eigenvalue weighted by atomic mass is 19.1. The van der Waals surface area contributed by atoms with E-state index in [9.17, 15) is 9.18 Å². The van der Waals surface area contributed by atoms with Gasteiger partial charge in [-0.05, 0) is 25.0 Å². The van der Waals surface area contributed by atoms with E-state index in [0.29, 0.717) is 23.8 Å². The summed E-state index contributed by atoms with van der Waals surface area (Å²) in [4.78, 5) is 21.0. The van der Waals surface area contributed by atoms with Crippen molar-refractivity contribution in [3.05, 3.63) is 47.9 Å². The number of anilines is 1. The van der Waals surface area contributed by atoms with Crippen LogP contribution < -0.4 is 10.2 Å². The lowest BCUT2D eigenvalue weighted by atomic mass is 9.95. The normalized spacial score (nSPS) is 19.0. The monoisotopic (exact) mass is 386 g/mol. The Balaban J connectivity index is 1.28. The van der Waals surface area contributed by atoms with Crippen molar-refractivity contribution < 1.29 is 13.6 Å². The number of para-hydroxylation sites is 1. The lowest BCUT2D eigenvalue weighted by Crippen LogP contribution is -2.46. The van der Waals surface area contributed by atoms with Gasteiger partial charge in [0.2, 0.25) is 5.89 Å². The van der Waals surface area contributed by atoms with Crippen molar-refractivity contribution >= 4 is 11.6 Å². The molecule has 0 unspecified atom stereocenters. The molecule has 2 aliphatic rings. The van der Waals surface area contributed by atoms with E-state index in [1.165, 1.54) is 31.6 Å². The van der Waals surface area contributed by atoms with Crippen LogP contribution in [0.25, 0.3) is 0 Å². The number of nitrogens with one attached hydrogen (secondary N) is 1. The smallest absolute Gasteiger partial charge is 0.273 e. The molecule has 28 heavy (non-hydrogen) atoms. The summed E-state index contributed by atoms with van der Waals surface area (Å²) in [6, 6.07) is 7.13. The molecule has 0 spiro atoms. The highest BCUT2D eigenvalue weighted by Gasteiger charge is 2.22. The van der Waals surface area contributed by atoms with Gasteiger partial charge in [0.25, 0.3) is 5.91 Å². The lowest BCUT2D eigenvalue weighted by molar-refractivity contribution is 0.0922. The third-order valence-corrected chi connectivity index (χ3v) is 5.65. The van der Waals surface area contributed by atoms with E-state index in [-0.39, 0.29) is 17.8 Å². The van der Waals surface area contributed by atoms with E-state index in [4.69, 9.17) is 4.42 Å². The zero-order valence-corrected chi connectivity index (χ0v) is 16.1. The van der Waals surface area contributed by atoms with Crippen molar-refractivity contribution in [2.45, 2.75) is 44.7 Å². The number of hydrogen-bond acceptors (Lipinski definition) is 5. The molecule has 1 saturated heterocycles. The number of carbonyl (C=O) groups excluding carboxylic acids is 1. The molecule has 4 rings (SSSR count). The van der Waals surface area contributed by atoms with Crippen LogP contribution in [-0.2, 0) is 6.54 Å². The van der Waals surface area contributed by atoms with Crippen LogP contribution in [0.3, 0.4) is 0 Å². The van der Waals surface area contributed by atoms with Crippen molar-refractivity contribution in [1.29, 1.82) is 0 Å². The fraction of sp³-hybridized carbons (Fsp3) is 0.524. The van der Waals surface area contributed by atoms with Crippen LogP contribution in [0.4, 0.5) is 10.1 Å². The Labute approximate surface area is 164 Å². The molecule has 150 valence electrons. The average molecular weight is 386 g/mol. The Morgan fingerprint density at radius 2 is 1.89 bits per heavy atom. The molecule has 1 aliphatic carbocycles. The molecule has 1 aromatic heterocycles. The van der Waals surface area contributed by atoms with Gasteiger partial charge < -0.3 is 14.6 Å². The summed E-state index contributed by atoms with van der Waals surface area (Å²) < 4.78 is 19.5. The Morgan fingerprint density at radius 1 is 1.14 bits per heavy atom. The summed E-state index contributed by atoms with van der Waals surface area (Å²) in [5.74, 6) is 0.219. The van der Waals surface area contributed by atoms with Gasteiger partial charge in [0, 0.05) is 32.2 Å². The first kappa shape index (κ1) is 18.9. The third kappa shape index (κ3) is 4.52. The van der Waals surface area contributed by atoms with E-state index < -0.39 is 0 Å². The average Bonchev–Trinajstić information content (AvgIpc) is 3.19. The molecule has 1 aliphatic heterocycles. The molecule has 0 atom stereocenters. The molecule has 1 aromatic carbocycles. The number of aromatic nitrogens is 1. The number of rotatable bonds is 5. The fourth-order valence-electron chi connectivity index (χ4n) is 4.04.